The molecule has 3 aromatic rings. The maximum Gasteiger partial charge on any atom is 0.331 e. The summed E-state index contributed by atoms with van der Waals surface area (Å²) in [7, 11) is 4.59. The largest absolute Gasteiger partial charge is 0.497 e. The Kier molecular flexibility index (Phi) is 6.70. The van der Waals surface area contributed by atoms with Gasteiger partial charge in [-0.1, -0.05) is 18.2 Å². The Morgan fingerprint density at radius 1 is 0.800 bits per heavy atom. The molecule has 0 amide bonds. The van der Waals surface area contributed by atoms with Gasteiger partial charge in [0, 0.05) is 6.08 Å². The summed E-state index contributed by atoms with van der Waals surface area (Å²) in [4.78, 5) is 24.5. The highest BCUT2D eigenvalue weighted by molar-refractivity contribution is 6.01. The van der Waals surface area contributed by atoms with Gasteiger partial charge in [0.15, 0.2) is 6.61 Å². The van der Waals surface area contributed by atoms with Gasteiger partial charge in [0.1, 0.15) is 17.2 Å². The second-order valence-corrected chi connectivity index (χ2v) is 6.40. The number of carbonyl (C=O) groups is 2. The van der Waals surface area contributed by atoms with Crippen LogP contribution in [0.3, 0.4) is 0 Å². The summed E-state index contributed by atoms with van der Waals surface area (Å²) in [6.45, 7) is -0.399. The van der Waals surface area contributed by atoms with Gasteiger partial charge in [-0.15, -0.1) is 0 Å². The highest BCUT2D eigenvalue weighted by atomic mass is 16.5. The van der Waals surface area contributed by atoms with Crippen molar-refractivity contribution in [2.45, 2.75) is 0 Å². The number of ketones is 1. The maximum atomic E-state index is 12.4. The molecular formula is C24H22O6. The van der Waals surface area contributed by atoms with Gasteiger partial charge in [0.05, 0.1) is 26.9 Å². The van der Waals surface area contributed by atoms with Crippen LogP contribution in [-0.2, 0) is 9.53 Å². The van der Waals surface area contributed by atoms with E-state index in [-0.39, 0.29) is 5.78 Å². The lowest BCUT2D eigenvalue weighted by Crippen LogP contribution is -2.13. The van der Waals surface area contributed by atoms with E-state index in [0.29, 0.717) is 17.1 Å². The van der Waals surface area contributed by atoms with Gasteiger partial charge in [-0.2, -0.15) is 0 Å². The van der Waals surface area contributed by atoms with E-state index in [9.17, 15) is 9.59 Å². The minimum absolute atomic E-state index is 0.290. The van der Waals surface area contributed by atoms with Crippen LogP contribution in [0.2, 0.25) is 0 Å². The molecule has 0 aliphatic heterocycles. The Bertz CT molecular complexity index is 1100. The third kappa shape index (κ3) is 4.97. The molecule has 0 aromatic heterocycles. The van der Waals surface area contributed by atoms with E-state index in [2.05, 4.69) is 0 Å². The van der Waals surface area contributed by atoms with Crippen molar-refractivity contribution in [3.8, 4) is 17.2 Å². The topological polar surface area (TPSA) is 71.1 Å². The molecule has 0 radical (unpaired) electrons. The lowest BCUT2D eigenvalue weighted by Gasteiger charge is -2.09. The number of esters is 1. The zero-order chi connectivity index (χ0) is 21.5. The van der Waals surface area contributed by atoms with Crippen LogP contribution in [0.4, 0.5) is 0 Å². The first-order chi connectivity index (χ1) is 14.5. The van der Waals surface area contributed by atoms with Crippen LogP contribution in [0.25, 0.3) is 16.8 Å². The molecule has 0 saturated carbocycles. The van der Waals surface area contributed by atoms with Gasteiger partial charge < -0.3 is 18.9 Å². The van der Waals surface area contributed by atoms with Gasteiger partial charge in [0.2, 0.25) is 5.78 Å². The molecule has 0 atom stereocenters. The van der Waals surface area contributed by atoms with Crippen LogP contribution < -0.4 is 14.2 Å². The molecule has 0 heterocycles. The van der Waals surface area contributed by atoms with Crippen LogP contribution in [0.5, 0.6) is 17.2 Å². The van der Waals surface area contributed by atoms with E-state index >= 15 is 0 Å². The SMILES string of the molecule is COc1ccc(OC)c(C(=O)COC(=O)/C=C/c2ccc3cc(OC)ccc3c2)c1. The van der Waals surface area contributed by atoms with Gasteiger partial charge >= 0.3 is 5.97 Å². The van der Waals surface area contributed by atoms with Crippen LogP contribution in [0.1, 0.15) is 15.9 Å². The second kappa shape index (κ2) is 9.60. The van der Waals surface area contributed by atoms with Crippen molar-refractivity contribution in [3.63, 3.8) is 0 Å². The third-order valence-corrected chi connectivity index (χ3v) is 4.54. The summed E-state index contributed by atoms with van der Waals surface area (Å²) in [5, 5.41) is 2.05. The molecule has 0 unspecified atom stereocenters. The number of ether oxygens (including phenoxy) is 4. The Balaban J connectivity index is 1.63. The molecule has 0 saturated heterocycles. The number of fused-ring (bicyclic) bond motifs is 1. The van der Waals surface area contributed by atoms with Gasteiger partial charge in [-0.3, -0.25) is 4.79 Å². The quantitative estimate of drug-likeness (QED) is 0.315. The van der Waals surface area contributed by atoms with E-state index in [0.717, 1.165) is 22.1 Å². The van der Waals surface area contributed by atoms with Crippen LogP contribution in [0.15, 0.2) is 60.7 Å². The number of rotatable bonds is 8. The Morgan fingerprint density at radius 2 is 1.47 bits per heavy atom. The van der Waals surface area contributed by atoms with Gasteiger partial charge in [-0.25, -0.2) is 4.79 Å². The minimum Gasteiger partial charge on any atom is -0.497 e. The van der Waals surface area contributed by atoms with Crippen LogP contribution >= 0.6 is 0 Å². The van der Waals surface area contributed by atoms with E-state index < -0.39 is 12.6 Å². The van der Waals surface area contributed by atoms with E-state index in [1.165, 1.54) is 20.3 Å². The first kappa shape index (κ1) is 20.9. The molecule has 30 heavy (non-hydrogen) atoms. The fourth-order valence-corrected chi connectivity index (χ4v) is 2.93. The number of carbonyl (C=O) groups excluding carboxylic acids is 2. The lowest BCUT2D eigenvalue weighted by atomic mass is 10.1. The van der Waals surface area contributed by atoms with Gasteiger partial charge in [0.25, 0.3) is 0 Å². The number of methoxy groups -OCH3 is 3. The number of hydrogen-bond acceptors (Lipinski definition) is 6. The molecular weight excluding hydrogens is 384 g/mol. The highest BCUT2D eigenvalue weighted by Gasteiger charge is 2.15. The lowest BCUT2D eigenvalue weighted by molar-refractivity contribution is -0.136. The standard InChI is InChI=1S/C24H22O6/c1-27-19-8-7-17-12-16(4-6-18(17)13-19)5-11-24(26)30-15-22(25)21-14-20(28-2)9-10-23(21)29-3/h4-14H,15H2,1-3H3/b11-5+. The molecule has 3 rings (SSSR count). The zero-order valence-corrected chi connectivity index (χ0v) is 17.0. The minimum atomic E-state index is -0.611. The fraction of sp³-hybridized carbons (Fsp3) is 0.167. The molecule has 0 spiro atoms. The molecule has 0 aliphatic carbocycles. The molecule has 3 aromatic carbocycles. The highest BCUT2D eigenvalue weighted by Crippen LogP contribution is 2.25. The van der Waals surface area contributed by atoms with Crippen LogP contribution in [-0.4, -0.2) is 39.7 Å². The zero-order valence-electron chi connectivity index (χ0n) is 17.0. The molecule has 6 heteroatoms. The number of Topliss-reactive ketones (excluding diaryl/α,β-unsaturated/α-hetero) is 1. The molecule has 6 nitrogen and oxygen atoms in total. The number of hydrogen-bond donors (Lipinski definition) is 0. The van der Waals surface area contributed by atoms with Crippen molar-refractivity contribution in [1.29, 1.82) is 0 Å². The molecule has 0 bridgehead atoms. The van der Waals surface area contributed by atoms with Crippen molar-refractivity contribution >= 4 is 28.6 Å². The fourth-order valence-electron chi connectivity index (χ4n) is 2.93. The average molecular weight is 406 g/mol. The first-order valence-corrected chi connectivity index (χ1v) is 9.22. The summed E-state index contributed by atoms with van der Waals surface area (Å²) in [5.41, 5.74) is 1.13. The molecule has 154 valence electrons. The summed E-state index contributed by atoms with van der Waals surface area (Å²) in [6.07, 6.45) is 2.93. The molecule has 0 fully saturated rings. The second-order valence-electron chi connectivity index (χ2n) is 6.40. The maximum absolute atomic E-state index is 12.4. The van der Waals surface area contributed by atoms with E-state index in [1.807, 2.05) is 36.4 Å². The van der Waals surface area contributed by atoms with E-state index in [1.54, 1.807) is 31.4 Å². The van der Waals surface area contributed by atoms with Crippen molar-refractivity contribution in [1.82, 2.24) is 0 Å². The van der Waals surface area contributed by atoms with E-state index in [4.69, 9.17) is 18.9 Å². The predicted molar refractivity (Wildman–Crippen MR) is 114 cm³/mol. The normalized spacial score (nSPS) is 10.8. The summed E-state index contributed by atoms with van der Waals surface area (Å²) < 4.78 is 20.6. The van der Waals surface area contributed by atoms with Crippen molar-refractivity contribution in [2.24, 2.45) is 0 Å². The average Bonchev–Trinajstić information content (AvgIpc) is 2.80. The Morgan fingerprint density at radius 3 is 2.20 bits per heavy atom. The van der Waals surface area contributed by atoms with Crippen molar-refractivity contribution in [2.75, 3.05) is 27.9 Å². The monoisotopic (exact) mass is 406 g/mol. The Labute approximate surface area is 174 Å². The molecule has 0 aliphatic rings. The van der Waals surface area contributed by atoms with Crippen molar-refractivity contribution in [3.05, 3.63) is 71.8 Å². The number of benzene rings is 3. The Hall–Kier alpha value is -3.80. The van der Waals surface area contributed by atoms with Crippen molar-refractivity contribution < 1.29 is 28.5 Å². The smallest absolute Gasteiger partial charge is 0.331 e. The third-order valence-electron chi connectivity index (χ3n) is 4.54. The summed E-state index contributed by atoms with van der Waals surface area (Å²) >= 11 is 0. The van der Waals surface area contributed by atoms with Gasteiger partial charge in [-0.05, 0) is 58.8 Å². The molecule has 0 N–H and O–H groups in total. The van der Waals surface area contributed by atoms with Crippen LogP contribution in [0, 0.1) is 0 Å². The summed E-state index contributed by atoms with van der Waals surface area (Å²) in [5.74, 6) is 0.693. The predicted octanol–water partition coefficient (Wildman–Crippen LogP) is 4.30. The summed E-state index contributed by atoms with van der Waals surface area (Å²) in [6, 6.07) is 16.4. The first-order valence-electron chi connectivity index (χ1n) is 9.22.